The summed E-state index contributed by atoms with van der Waals surface area (Å²) in [4.78, 5) is 23.4. The van der Waals surface area contributed by atoms with Crippen LogP contribution in [0.4, 0.5) is 10.7 Å². The third-order valence-electron chi connectivity index (χ3n) is 5.72. The Balaban J connectivity index is 1.74. The largest absolute Gasteiger partial charge is 0.444 e. The van der Waals surface area contributed by atoms with Gasteiger partial charge in [0, 0.05) is 30.6 Å². The van der Waals surface area contributed by atoms with Gasteiger partial charge in [-0.15, -0.1) is 0 Å². The van der Waals surface area contributed by atoms with Crippen LogP contribution in [-0.4, -0.2) is 39.7 Å². The molecule has 0 saturated carbocycles. The molecule has 1 amide bonds. The average Bonchev–Trinajstić information content (AvgIpc) is 2.67. The normalized spacial score (nSPS) is 22.9. The van der Waals surface area contributed by atoms with Crippen molar-refractivity contribution in [3.05, 3.63) is 29.1 Å². The van der Waals surface area contributed by atoms with Crippen molar-refractivity contribution in [3.63, 3.8) is 0 Å². The summed E-state index contributed by atoms with van der Waals surface area (Å²) in [6, 6.07) is 2.14. The van der Waals surface area contributed by atoms with Gasteiger partial charge in [0.05, 0.1) is 5.69 Å². The van der Waals surface area contributed by atoms with E-state index in [9.17, 15) is 4.79 Å². The summed E-state index contributed by atoms with van der Waals surface area (Å²) in [6.45, 7) is 9.27. The number of likely N-dealkylation sites (tertiary alicyclic amines) is 1. The standard InChI is InChI=1S/C23H36N4O2/c1-5-8-16-9-6-10-17(13-16)19-14-20(26-21(24)25-19)18-11-7-12-27(15-18)22(28)29-23(2,3)4/h9,14,17-18H,5-8,10-13,15H2,1-4H3,(H2,24,25,26). The zero-order chi connectivity index (χ0) is 21.0. The van der Waals surface area contributed by atoms with Crippen LogP contribution in [0.25, 0.3) is 0 Å². The summed E-state index contributed by atoms with van der Waals surface area (Å²) in [5.41, 5.74) is 9.18. The first-order valence-corrected chi connectivity index (χ1v) is 11.1. The number of anilines is 1. The van der Waals surface area contributed by atoms with Crippen molar-refractivity contribution >= 4 is 12.0 Å². The van der Waals surface area contributed by atoms with Gasteiger partial charge in [-0.2, -0.15) is 0 Å². The fraction of sp³-hybridized carbons (Fsp3) is 0.696. The number of carbonyl (C=O) groups excluding carboxylic acids is 1. The lowest BCUT2D eigenvalue weighted by atomic mass is 9.84. The minimum atomic E-state index is -0.485. The molecule has 1 saturated heterocycles. The molecule has 2 N–H and O–H groups in total. The maximum atomic E-state index is 12.5. The van der Waals surface area contributed by atoms with E-state index in [-0.39, 0.29) is 12.0 Å². The summed E-state index contributed by atoms with van der Waals surface area (Å²) in [6.07, 6.45) is 9.72. The van der Waals surface area contributed by atoms with E-state index in [1.807, 2.05) is 20.8 Å². The van der Waals surface area contributed by atoms with Crippen LogP contribution in [0, 0.1) is 0 Å². The number of ether oxygens (including phenoxy) is 1. The van der Waals surface area contributed by atoms with Gasteiger partial charge in [0.25, 0.3) is 0 Å². The first kappa shape index (κ1) is 21.6. The molecule has 2 heterocycles. The summed E-state index contributed by atoms with van der Waals surface area (Å²) in [7, 11) is 0. The molecular weight excluding hydrogens is 364 g/mol. The van der Waals surface area contributed by atoms with E-state index in [4.69, 9.17) is 10.5 Å². The molecular formula is C23H36N4O2. The van der Waals surface area contributed by atoms with Gasteiger partial charge in [0.15, 0.2) is 0 Å². The van der Waals surface area contributed by atoms with Crippen molar-refractivity contribution in [2.24, 2.45) is 0 Å². The van der Waals surface area contributed by atoms with Gasteiger partial charge >= 0.3 is 6.09 Å². The van der Waals surface area contributed by atoms with Gasteiger partial charge in [-0.25, -0.2) is 14.8 Å². The van der Waals surface area contributed by atoms with Crippen LogP contribution >= 0.6 is 0 Å². The number of aromatic nitrogens is 2. The number of nitrogens with two attached hydrogens (primary N) is 1. The smallest absolute Gasteiger partial charge is 0.410 e. The van der Waals surface area contributed by atoms with Crippen molar-refractivity contribution in [3.8, 4) is 0 Å². The number of nitrogen functional groups attached to an aromatic ring is 1. The van der Waals surface area contributed by atoms with Gasteiger partial charge in [0.1, 0.15) is 5.60 Å². The van der Waals surface area contributed by atoms with Crippen LogP contribution in [0.5, 0.6) is 0 Å². The Labute approximate surface area is 174 Å². The minimum absolute atomic E-state index is 0.176. The van der Waals surface area contributed by atoms with E-state index in [0.717, 1.165) is 56.5 Å². The van der Waals surface area contributed by atoms with Crippen molar-refractivity contribution in [2.45, 2.75) is 90.1 Å². The van der Waals surface area contributed by atoms with E-state index in [2.05, 4.69) is 29.0 Å². The van der Waals surface area contributed by atoms with Gasteiger partial charge < -0.3 is 15.4 Å². The number of allylic oxidation sites excluding steroid dienone is 2. The lowest BCUT2D eigenvalue weighted by Gasteiger charge is -2.34. The predicted molar refractivity (Wildman–Crippen MR) is 116 cm³/mol. The van der Waals surface area contributed by atoms with Crippen LogP contribution in [-0.2, 0) is 4.74 Å². The maximum absolute atomic E-state index is 12.5. The second kappa shape index (κ2) is 9.14. The SMILES string of the molecule is CCCC1=CCCC(c2cc(C3CCCN(C(=O)OC(C)(C)C)C3)nc(N)n2)C1. The molecule has 29 heavy (non-hydrogen) atoms. The van der Waals surface area contributed by atoms with Crippen LogP contribution in [0.2, 0.25) is 0 Å². The highest BCUT2D eigenvalue weighted by molar-refractivity contribution is 5.68. The second-order valence-electron chi connectivity index (χ2n) is 9.43. The summed E-state index contributed by atoms with van der Waals surface area (Å²) in [5, 5.41) is 0. The summed E-state index contributed by atoms with van der Waals surface area (Å²) >= 11 is 0. The Morgan fingerprint density at radius 1 is 1.24 bits per heavy atom. The number of hydrogen-bond acceptors (Lipinski definition) is 5. The molecule has 1 aromatic heterocycles. The fourth-order valence-electron chi connectivity index (χ4n) is 4.40. The Bertz CT molecular complexity index is 754. The second-order valence-corrected chi connectivity index (χ2v) is 9.43. The fourth-order valence-corrected chi connectivity index (χ4v) is 4.40. The first-order valence-electron chi connectivity index (χ1n) is 11.1. The van der Waals surface area contributed by atoms with Crippen molar-refractivity contribution in [2.75, 3.05) is 18.8 Å². The van der Waals surface area contributed by atoms with E-state index in [1.54, 1.807) is 4.90 Å². The average molecular weight is 401 g/mol. The van der Waals surface area contributed by atoms with Crippen molar-refractivity contribution in [1.82, 2.24) is 14.9 Å². The van der Waals surface area contributed by atoms with Crippen molar-refractivity contribution < 1.29 is 9.53 Å². The zero-order valence-electron chi connectivity index (χ0n) is 18.4. The molecule has 6 heteroatoms. The molecule has 2 atom stereocenters. The Morgan fingerprint density at radius 2 is 1.97 bits per heavy atom. The Kier molecular flexibility index (Phi) is 6.81. The monoisotopic (exact) mass is 400 g/mol. The van der Waals surface area contributed by atoms with E-state index in [1.165, 1.54) is 12.0 Å². The number of carbonyl (C=O) groups is 1. The number of rotatable bonds is 4. The quantitative estimate of drug-likeness (QED) is 0.705. The predicted octanol–water partition coefficient (Wildman–Crippen LogP) is 5.17. The molecule has 2 unspecified atom stereocenters. The number of amides is 1. The highest BCUT2D eigenvalue weighted by Crippen LogP contribution is 2.35. The maximum Gasteiger partial charge on any atom is 0.410 e. The number of nitrogens with zero attached hydrogens (tertiary/aromatic N) is 3. The van der Waals surface area contributed by atoms with E-state index >= 15 is 0 Å². The van der Waals surface area contributed by atoms with Gasteiger partial charge in [-0.3, -0.25) is 0 Å². The van der Waals surface area contributed by atoms with Gasteiger partial charge in [-0.05, 0) is 65.4 Å². The zero-order valence-corrected chi connectivity index (χ0v) is 18.4. The molecule has 160 valence electrons. The molecule has 0 radical (unpaired) electrons. The lowest BCUT2D eigenvalue weighted by Crippen LogP contribution is -2.42. The molecule has 2 aliphatic rings. The van der Waals surface area contributed by atoms with Crippen LogP contribution in [0.15, 0.2) is 17.7 Å². The molecule has 0 bridgehead atoms. The molecule has 1 aliphatic heterocycles. The minimum Gasteiger partial charge on any atom is -0.444 e. The molecule has 3 rings (SSSR count). The van der Waals surface area contributed by atoms with Crippen LogP contribution < -0.4 is 5.73 Å². The van der Waals surface area contributed by atoms with E-state index < -0.39 is 5.60 Å². The molecule has 1 fully saturated rings. The molecule has 0 aromatic carbocycles. The van der Waals surface area contributed by atoms with Gasteiger partial charge in [-0.1, -0.05) is 25.0 Å². The lowest BCUT2D eigenvalue weighted by molar-refractivity contribution is 0.0197. The number of piperidine rings is 1. The molecule has 0 spiro atoms. The first-order chi connectivity index (χ1) is 13.7. The summed E-state index contributed by atoms with van der Waals surface area (Å²) in [5.74, 6) is 0.934. The Morgan fingerprint density at radius 3 is 2.66 bits per heavy atom. The Hall–Kier alpha value is -2.11. The van der Waals surface area contributed by atoms with Crippen molar-refractivity contribution in [1.29, 1.82) is 0 Å². The van der Waals surface area contributed by atoms with Crippen LogP contribution in [0.3, 0.4) is 0 Å². The topological polar surface area (TPSA) is 81.3 Å². The number of hydrogen-bond donors (Lipinski definition) is 1. The molecule has 1 aromatic rings. The third kappa shape index (κ3) is 5.94. The van der Waals surface area contributed by atoms with Crippen LogP contribution in [0.1, 0.15) is 95.9 Å². The molecule has 1 aliphatic carbocycles. The summed E-state index contributed by atoms with van der Waals surface area (Å²) < 4.78 is 5.56. The van der Waals surface area contributed by atoms with Gasteiger partial charge in [0.2, 0.25) is 5.95 Å². The third-order valence-corrected chi connectivity index (χ3v) is 5.72. The highest BCUT2D eigenvalue weighted by atomic mass is 16.6. The highest BCUT2D eigenvalue weighted by Gasteiger charge is 2.30. The molecule has 6 nitrogen and oxygen atoms in total. The van der Waals surface area contributed by atoms with E-state index in [0.29, 0.717) is 18.4 Å².